The fraction of sp³-hybridized carbons (Fsp3) is 0.308. The topological polar surface area (TPSA) is 66.9 Å². The minimum Gasteiger partial charge on any atom is -0.276 e. The molecule has 1 aromatic rings. The maximum atomic E-state index is 12.4. The molecule has 1 aliphatic rings. The van der Waals surface area contributed by atoms with Gasteiger partial charge in [0.05, 0.1) is 18.7 Å². The first-order valence-corrected chi connectivity index (χ1v) is 8.11. The molecule has 0 aromatic heterocycles. The highest BCUT2D eigenvalue weighted by atomic mass is 79.9. The van der Waals surface area contributed by atoms with Gasteiger partial charge in [-0.3, -0.25) is 19.2 Å². The highest BCUT2D eigenvalue weighted by Gasteiger charge is 2.43. The van der Waals surface area contributed by atoms with Crippen molar-refractivity contribution in [3.8, 4) is 0 Å². The van der Waals surface area contributed by atoms with E-state index in [4.69, 9.17) is 28.0 Å². The number of hydrogen-bond donors (Lipinski definition) is 0. The number of alkyl halides is 1. The van der Waals surface area contributed by atoms with Crippen LogP contribution in [0.4, 0.5) is 5.69 Å². The quantitative estimate of drug-likeness (QED) is 0.313. The van der Waals surface area contributed by atoms with E-state index in [1.165, 1.54) is 18.2 Å². The predicted octanol–water partition coefficient (Wildman–Crippen LogP) is 2.41. The number of hydrogen-bond acceptors (Lipinski definition) is 4. The van der Waals surface area contributed by atoms with Gasteiger partial charge in [-0.15, -0.1) is 0 Å². The number of imide groups is 1. The Labute approximate surface area is 145 Å². The summed E-state index contributed by atoms with van der Waals surface area (Å²) in [7, 11) is 0. The number of rotatable bonds is 6. The lowest BCUT2D eigenvalue weighted by Crippen LogP contribution is -2.41. The molecular formula is C13H11BrCl2N2O4. The van der Waals surface area contributed by atoms with Crippen molar-refractivity contribution in [3.63, 3.8) is 0 Å². The van der Waals surface area contributed by atoms with Crippen LogP contribution in [0.15, 0.2) is 18.2 Å². The Bertz CT molecular complexity index is 593. The summed E-state index contributed by atoms with van der Waals surface area (Å²) in [4.78, 5) is 41.7. The Kier molecular flexibility index (Phi) is 5.80. The predicted molar refractivity (Wildman–Crippen MR) is 85.0 cm³/mol. The monoisotopic (exact) mass is 408 g/mol. The van der Waals surface area contributed by atoms with Gasteiger partial charge in [0, 0.05) is 15.4 Å². The number of carbonyl (C=O) groups is 3. The van der Waals surface area contributed by atoms with E-state index < -0.39 is 17.9 Å². The zero-order chi connectivity index (χ0) is 16.3. The van der Waals surface area contributed by atoms with Crippen LogP contribution in [0.3, 0.4) is 0 Å². The van der Waals surface area contributed by atoms with Crippen LogP contribution < -0.4 is 4.90 Å². The zero-order valence-electron chi connectivity index (χ0n) is 11.2. The summed E-state index contributed by atoms with van der Waals surface area (Å²) in [6, 6.07) is 3.40. The first kappa shape index (κ1) is 17.2. The highest BCUT2D eigenvalue weighted by Crippen LogP contribution is 2.30. The number of amides is 3. The fourth-order valence-electron chi connectivity index (χ4n) is 2.09. The highest BCUT2D eigenvalue weighted by molar-refractivity contribution is 9.09. The molecule has 3 amide bonds. The van der Waals surface area contributed by atoms with Crippen molar-refractivity contribution in [2.75, 3.05) is 16.8 Å². The summed E-state index contributed by atoms with van der Waals surface area (Å²) in [6.45, 7) is 0.194. The molecule has 0 aliphatic carbocycles. The lowest BCUT2D eigenvalue weighted by molar-refractivity contribution is -0.184. The van der Waals surface area contributed by atoms with Crippen molar-refractivity contribution in [2.45, 2.75) is 12.5 Å². The van der Waals surface area contributed by atoms with Gasteiger partial charge in [-0.1, -0.05) is 39.1 Å². The van der Waals surface area contributed by atoms with Gasteiger partial charge < -0.3 is 0 Å². The molecule has 0 spiro atoms. The fourth-order valence-corrected chi connectivity index (χ4v) is 2.75. The smallest absolute Gasteiger partial charge is 0.259 e. The van der Waals surface area contributed by atoms with Crippen LogP contribution in [0.5, 0.6) is 0 Å². The van der Waals surface area contributed by atoms with Crippen LogP contribution in [0, 0.1) is 0 Å². The molecular weight excluding hydrogens is 399 g/mol. The largest absolute Gasteiger partial charge is 0.276 e. The molecule has 1 aliphatic heterocycles. The first-order chi connectivity index (χ1) is 10.5. The molecule has 6 nitrogen and oxygen atoms in total. The maximum absolute atomic E-state index is 12.4. The molecule has 1 saturated heterocycles. The van der Waals surface area contributed by atoms with Crippen molar-refractivity contribution in [1.82, 2.24) is 5.06 Å². The van der Waals surface area contributed by atoms with E-state index in [1.54, 1.807) is 0 Å². The van der Waals surface area contributed by atoms with Crippen LogP contribution in [0.2, 0.25) is 10.0 Å². The Balaban J connectivity index is 2.26. The molecule has 1 heterocycles. The van der Waals surface area contributed by atoms with Crippen molar-refractivity contribution in [1.29, 1.82) is 0 Å². The summed E-state index contributed by atoms with van der Waals surface area (Å²) in [5, 5.41) is 1.94. The molecule has 0 radical (unpaired) electrons. The van der Waals surface area contributed by atoms with Crippen molar-refractivity contribution >= 4 is 63.0 Å². The molecule has 1 atom stereocenters. The van der Waals surface area contributed by atoms with Gasteiger partial charge in [0.1, 0.15) is 6.04 Å². The standard InChI is InChI=1S/C13H11BrCl2N2O4/c14-1-2-22-17(7-19)11-6-12(20)18(13(11)21)10-4-8(15)3-9(16)5-10/h3-5,7,11H,1-2,6H2. The normalized spacial score (nSPS) is 18.0. The molecule has 118 valence electrons. The average molecular weight is 410 g/mol. The Morgan fingerprint density at radius 1 is 1.32 bits per heavy atom. The molecule has 9 heteroatoms. The lowest BCUT2D eigenvalue weighted by Gasteiger charge is -2.22. The van der Waals surface area contributed by atoms with E-state index in [1.807, 2.05) is 0 Å². The molecule has 0 N–H and O–H groups in total. The van der Waals surface area contributed by atoms with Gasteiger partial charge in [0.15, 0.2) is 0 Å². The third kappa shape index (κ3) is 3.60. The number of halogens is 3. The minimum absolute atomic E-state index is 0.163. The van der Waals surface area contributed by atoms with Crippen LogP contribution >= 0.6 is 39.1 Å². The van der Waals surface area contributed by atoms with Crippen LogP contribution in [0.25, 0.3) is 0 Å². The number of benzene rings is 1. The van der Waals surface area contributed by atoms with E-state index >= 15 is 0 Å². The first-order valence-electron chi connectivity index (χ1n) is 6.23. The molecule has 1 aromatic carbocycles. The molecule has 22 heavy (non-hydrogen) atoms. The second-order valence-corrected chi connectivity index (χ2v) is 6.07. The van der Waals surface area contributed by atoms with Crippen LogP contribution in [-0.2, 0) is 19.2 Å². The summed E-state index contributed by atoms with van der Waals surface area (Å²) in [5.41, 5.74) is 0.265. The van der Waals surface area contributed by atoms with Gasteiger partial charge >= 0.3 is 0 Å². The molecule has 1 unspecified atom stereocenters. The second kappa shape index (κ2) is 7.41. The zero-order valence-corrected chi connectivity index (χ0v) is 14.3. The van der Waals surface area contributed by atoms with Gasteiger partial charge in [0.25, 0.3) is 5.91 Å². The van der Waals surface area contributed by atoms with Crippen LogP contribution in [-0.4, -0.2) is 41.3 Å². The average Bonchev–Trinajstić information content (AvgIpc) is 2.74. The van der Waals surface area contributed by atoms with Crippen molar-refractivity contribution < 1.29 is 19.2 Å². The Morgan fingerprint density at radius 3 is 2.50 bits per heavy atom. The summed E-state index contributed by atoms with van der Waals surface area (Å²) in [6.07, 6.45) is 0.219. The number of nitrogens with zero attached hydrogens (tertiary/aromatic N) is 2. The SMILES string of the molecule is O=CN(OCCBr)C1CC(=O)N(c2cc(Cl)cc(Cl)c2)C1=O. The second-order valence-electron chi connectivity index (χ2n) is 4.40. The van der Waals surface area contributed by atoms with Gasteiger partial charge in [-0.05, 0) is 18.2 Å². The van der Waals surface area contributed by atoms with E-state index in [9.17, 15) is 14.4 Å². The van der Waals surface area contributed by atoms with Crippen molar-refractivity contribution in [2.24, 2.45) is 0 Å². The Hall–Kier alpha value is -1.15. The lowest BCUT2D eigenvalue weighted by atomic mass is 10.2. The number of hydroxylamine groups is 2. The van der Waals surface area contributed by atoms with E-state index in [2.05, 4.69) is 15.9 Å². The Morgan fingerprint density at radius 2 is 1.95 bits per heavy atom. The number of carbonyl (C=O) groups excluding carboxylic acids is 3. The van der Waals surface area contributed by atoms with E-state index in [-0.39, 0.29) is 18.7 Å². The third-order valence-electron chi connectivity index (χ3n) is 2.96. The van der Waals surface area contributed by atoms with Gasteiger partial charge in [0.2, 0.25) is 12.3 Å². The third-order valence-corrected chi connectivity index (χ3v) is 3.72. The van der Waals surface area contributed by atoms with Crippen LogP contribution in [0.1, 0.15) is 6.42 Å². The molecule has 1 fully saturated rings. The van der Waals surface area contributed by atoms with Gasteiger partial charge in [-0.25, -0.2) is 9.96 Å². The maximum Gasteiger partial charge on any atom is 0.259 e. The van der Waals surface area contributed by atoms with E-state index in [0.29, 0.717) is 21.8 Å². The van der Waals surface area contributed by atoms with Crippen molar-refractivity contribution in [3.05, 3.63) is 28.2 Å². The van der Waals surface area contributed by atoms with E-state index in [0.717, 1.165) is 9.96 Å². The van der Waals surface area contributed by atoms with Gasteiger partial charge in [-0.2, -0.15) is 0 Å². The molecule has 0 bridgehead atoms. The minimum atomic E-state index is -0.998. The number of anilines is 1. The summed E-state index contributed by atoms with van der Waals surface area (Å²) < 4.78 is 0. The molecule has 0 saturated carbocycles. The summed E-state index contributed by atoms with van der Waals surface area (Å²) in [5.74, 6) is -1.02. The molecule has 2 rings (SSSR count). The summed E-state index contributed by atoms with van der Waals surface area (Å²) >= 11 is 14.9.